The fourth-order valence-electron chi connectivity index (χ4n) is 4.50. The normalized spacial score (nSPS) is 28.2. The van der Waals surface area contributed by atoms with Crippen LogP contribution in [0.2, 0.25) is 36.3 Å². The Morgan fingerprint density at radius 3 is 1.10 bits per heavy atom. The molecule has 10 heteroatoms. The molecule has 2 rings (SSSR count). The quantitative estimate of drug-likeness (QED) is 0.239. The fourth-order valence-corrected chi connectivity index (χ4v) is 7.34. The highest BCUT2D eigenvalue weighted by Gasteiger charge is 2.46. The Morgan fingerprint density at radius 2 is 0.900 bits per heavy atom. The van der Waals surface area contributed by atoms with E-state index in [1.807, 2.05) is 0 Å². The molecule has 40 heavy (non-hydrogen) atoms. The van der Waals surface area contributed by atoms with E-state index in [1.165, 1.54) is 0 Å². The predicted octanol–water partition coefficient (Wildman–Crippen LogP) is 6.49. The van der Waals surface area contributed by atoms with Gasteiger partial charge in [0.25, 0.3) is 0 Å². The smallest absolute Gasteiger partial charge is 0.338 e. The summed E-state index contributed by atoms with van der Waals surface area (Å²) >= 11 is 0. The second-order valence-corrected chi connectivity index (χ2v) is 24.2. The molecule has 2 aliphatic carbocycles. The van der Waals surface area contributed by atoms with Gasteiger partial charge in [-0.3, -0.25) is 0 Å². The van der Waals surface area contributed by atoms with Crippen molar-refractivity contribution in [2.45, 2.75) is 166 Å². The summed E-state index contributed by atoms with van der Waals surface area (Å²) in [5.41, 5.74) is -2.60. The summed E-state index contributed by atoms with van der Waals surface area (Å²) in [7, 11) is -3.56. The molecule has 0 heterocycles. The summed E-state index contributed by atoms with van der Waals surface area (Å²) in [5.74, 6) is -0.962. The molecular weight excluding hydrogens is 544 g/mol. The number of hydrogen-bond donors (Lipinski definition) is 2. The van der Waals surface area contributed by atoms with Crippen LogP contribution < -0.4 is 0 Å². The van der Waals surface area contributed by atoms with Crippen molar-refractivity contribution in [2.75, 3.05) is 13.2 Å². The zero-order valence-corrected chi connectivity index (χ0v) is 29.6. The molecule has 2 aliphatic rings. The lowest BCUT2D eigenvalue weighted by Crippen LogP contribution is -2.49. The standard InChI is InChI=1S/2C15H30O4Si/c2*1-7-18-13(16)15(17)10-8-12(9-11-15)19-20(5,6)14(2,3)4/h2*12,17H,7-11H2,1-6H3. The summed E-state index contributed by atoms with van der Waals surface area (Å²) in [5, 5.41) is 21.0. The van der Waals surface area contributed by atoms with Crippen LogP contribution >= 0.6 is 0 Å². The lowest BCUT2D eigenvalue weighted by atomic mass is 9.83. The highest BCUT2D eigenvalue weighted by Crippen LogP contribution is 2.41. The number of aliphatic hydroxyl groups is 2. The number of carbonyl (C=O) groups excluding carboxylic acids is 2. The van der Waals surface area contributed by atoms with Crippen LogP contribution in [0.5, 0.6) is 0 Å². The molecule has 2 saturated carbocycles. The third-order valence-corrected chi connectivity index (χ3v) is 18.4. The van der Waals surface area contributed by atoms with E-state index in [0.29, 0.717) is 38.9 Å². The highest BCUT2D eigenvalue weighted by molar-refractivity contribution is 6.74. The van der Waals surface area contributed by atoms with E-state index in [1.54, 1.807) is 13.8 Å². The highest BCUT2D eigenvalue weighted by atomic mass is 28.4. The molecule has 2 fully saturated rings. The summed E-state index contributed by atoms with van der Waals surface area (Å²) in [6.07, 6.45) is 4.95. The van der Waals surface area contributed by atoms with Crippen LogP contribution in [0.15, 0.2) is 0 Å². The van der Waals surface area contributed by atoms with Gasteiger partial charge in [-0.15, -0.1) is 0 Å². The van der Waals surface area contributed by atoms with Crippen LogP contribution in [-0.2, 0) is 27.9 Å². The van der Waals surface area contributed by atoms with Gasteiger partial charge in [0.05, 0.1) is 13.2 Å². The SMILES string of the molecule is CCOC(=O)C1(O)CCC(O[Si](C)(C)C(C)(C)C)CC1.CCOC(=O)C1(O)CCC(O[Si](C)(C)C(C)(C)C)CC1. The predicted molar refractivity (Wildman–Crippen MR) is 164 cm³/mol. The first-order valence-electron chi connectivity index (χ1n) is 15.2. The molecule has 0 aromatic heterocycles. The molecule has 2 N–H and O–H groups in total. The van der Waals surface area contributed by atoms with Gasteiger partial charge in [0, 0.05) is 12.2 Å². The van der Waals surface area contributed by atoms with Crippen molar-refractivity contribution in [3.8, 4) is 0 Å². The maximum atomic E-state index is 11.8. The molecule has 0 saturated heterocycles. The Bertz CT molecular complexity index is 745. The van der Waals surface area contributed by atoms with Crippen LogP contribution in [0, 0.1) is 0 Å². The third kappa shape index (κ3) is 10.2. The largest absolute Gasteiger partial charge is 0.464 e. The Balaban J connectivity index is 0.000000400. The Kier molecular flexibility index (Phi) is 13.1. The summed E-state index contributed by atoms with van der Waals surface area (Å²) in [6.45, 7) is 26.4. The molecule has 0 spiro atoms. The molecule has 0 unspecified atom stereocenters. The molecular formula is C30H60O8Si2. The van der Waals surface area contributed by atoms with Gasteiger partial charge in [0.15, 0.2) is 27.8 Å². The minimum Gasteiger partial charge on any atom is -0.464 e. The molecule has 0 bridgehead atoms. The monoisotopic (exact) mass is 604 g/mol. The molecule has 0 amide bonds. The minimum atomic E-state index is -1.78. The van der Waals surface area contributed by atoms with Gasteiger partial charge in [0.1, 0.15) is 0 Å². The summed E-state index contributed by atoms with van der Waals surface area (Å²) in [6, 6.07) is 0. The van der Waals surface area contributed by atoms with Gasteiger partial charge in [-0.25, -0.2) is 9.59 Å². The van der Waals surface area contributed by atoms with Crippen molar-refractivity contribution in [1.29, 1.82) is 0 Å². The van der Waals surface area contributed by atoms with Gasteiger partial charge in [-0.05, 0) is 101 Å². The van der Waals surface area contributed by atoms with Gasteiger partial charge in [-0.1, -0.05) is 41.5 Å². The lowest BCUT2D eigenvalue weighted by Gasteiger charge is -2.42. The second-order valence-electron chi connectivity index (χ2n) is 14.7. The van der Waals surface area contributed by atoms with Crippen molar-refractivity contribution in [1.82, 2.24) is 0 Å². The van der Waals surface area contributed by atoms with Crippen LogP contribution in [0.3, 0.4) is 0 Å². The number of carbonyl (C=O) groups is 2. The van der Waals surface area contributed by atoms with Crippen molar-refractivity contribution < 1.29 is 38.1 Å². The van der Waals surface area contributed by atoms with Gasteiger partial charge in [0.2, 0.25) is 0 Å². The summed E-state index contributed by atoms with van der Waals surface area (Å²) < 4.78 is 22.6. The molecule has 0 aliphatic heterocycles. The Morgan fingerprint density at radius 1 is 0.650 bits per heavy atom. The third-order valence-electron chi connectivity index (χ3n) is 9.37. The average molecular weight is 605 g/mol. The maximum absolute atomic E-state index is 11.8. The molecule has 0 aromatic carbocycles. The summed E-state index contributed by atoms with van der Waals surface area (Å²) in [4.78, 5) is 23.5. The minimum absolute atomic E-state index is 0.158. The topological polar surface area (TPSA) is 112 Å². The van der Waals surface area contributed by atoms with Crippen LogP contribution in [0.4, 0.5) is 0 Å². The molecule has 0 atom stereocenters. The number of ether oxygens (including phenoxy) is 2. The van der Waals surface area contributed by atoms with Crippen LogP contribution in [-0.4, -0.2) is 75.4 Å². The van der Waals surface area contributed by atoms with E-state index in [2.05, 4.69) is 67.7 Å². The zero-order chi connectivity index (χ0) is 31.2. The van der Waals surface area contributed by atoms with Crippen molar-refractivity contribution >= 4 is 28.6 Å². The first kappa shape index (κ1) is 37.2. The van der Waals surface area contributed by atoms with Crippen molar-refractivity contribution in [3.05, 3.63) is 0 Å². The van der Waals surface area contributed by atoms with E-state index in [-0.39, 0.29) is 22.3 Å². The molecule has 236 valence electrons. The van der Waals surface area contributed by atoms with Crippen molar-refractivity contribution in [3.63, 3.8) is 0 Å². The Labute approximate surface area is 246 Å². The fraction of sp³-hybridized carbons (Fsp3) is 0.933. The van der Waals surface area contributed by atoms with E-state index in [0.717, 1.165) is 25.7 Å². The first-order chi connectivity index (χ1) is 18.0. The van der Waals surface area contributed by atoms with E-state index in [4.69, 9.17) is 18.3 Å². The van der Waals surface area contributed by atoms with E-state index in [9.17, 15) is 19.8 Å². The van der Waals surface area contributed by atoms with Crippen LogP contribution in [0.1, 0.15) is 107 Å². The number of esters is 2. The maximum Gasteiger partial charge on any atom is 0.338 e. The number of hydrogen-bond acceptors (Lipinski definition) is 8. The van der Waals surface area contributed by atoms with Gasteiger partial charge < -0.3 is 28.5 Å². The Hall–Kier alpha value is -0.786. The molecule has 0 radical (unpaired) electrons. The van der Waals surface area contributed by atoms with E-state index < -0.39 is 39.8 Å². The lowest BCUT2D eigenvalue weighted by molar-refractivity contribution is -0.170. The van der Waals surface area contributed by atoms with Gasteiger partial charge in [-0.2, -0.15) is 0 Å². The molecule has 8 nitrogen and oxygen atoms in total. The molecule has 0 aromatic rings. The average Bonchev–Trinajstić information content (AvgIpc) is 2.81. The van der Waals surface area contributed by atoms with Crippen molar-refractivity contribution in [2.24, 2.45) is 0 Å². The second kappa shape index (κ2) is 14.1. The number of rotatable bonds is 8. The zero-order valence-electron chi connectivity index (χ0n) is 27.6. The first-order valence-corrected chi connectivity index (χ1v) is 21.0. The van der Waals surface area contributed by atoms with Crippen LogP contribution in [0.25, 0.3) is 0 Å². The van der Waals surface area contributed by atoms with E-state index >= 15 is 0 Å². The van der Waals surface area contributed by atoms with Gasteiger partial charge >= 0.3 is 11.9 Å².